The Hall–Kier alpha value is -0.830. The topological polar surface area (TPSA) is 40.7 Å². The second-order valence-electron chi connectivity index (χ2n) is 8.13. The van der Waals surface area contributed by atoms with Crippen LogP contribution >= 0.6 is 0 Å². The van der Waals surface area contributed by atoms with E-state index in [2.05, 4.69) is 35.3 Å². The Bertz CT molecular complexity index is 469. The van der Waals surface area contributed by atoms with E-state index in [1.54, 1.807) is 0 Å². The molecule has 0 saturated heterocycles. The molecule has 5 rings (SSSR count). The number of imidazole rings is 1. The number of nitrogens with zero attached hydrogens (tertiary/aromatic N) is 1. The van der Waals surface area contributed by atoms with Gasteiger partial charge in [0, 0.05) is 23.3 Å². The largest absolute Gasteiger partial charge is 0.344 e. The van der Waals surface area contributed by atoms with E-state index in [4.69, 9.17) is 0 Å². The van der Waals surface area contributed by atoms with Gasteiger partial charge in [-0.15, -0.1) is 0 Å². The van der Waals surface area contributed by atoms with Gasteiger partial charge in [-0.05, 0) is 69.6 Å². The molecule has 1 aromatic heterocycles. The summed E-state index contributed by atoms with van der Waals surface area (Å²) < 4.78 is 0. The average Bonchev–Trinajstić information content (AvgIpc) is 2.93. The van der Waals surface area contributed by atoms with Crippen LogP contribution < -0.4 is 5.32 Å². The van der Waals surface area contributed by atoms with Crippen molar-refractivity contribution < 1.29 is 0 Å². The fraction of sp³-hybridized carbons (Fsp3) is 0.833. The zero-order chi connectivity index (χ0) is 14.4. The SMILES string of the molecule is CCC(C)NCc1ncc(C23CC4CC(CC(C4)C2)C3)[nH]1. The first-order chi connectivity index (χ1) is 10.2. The highest BCUT2D eigenvalue weighted by molar-refractivity contribution is 5.22. The number of hydrogen-bond donors (Lipinski definition) is 2. The normalized spacial score (nSPS) is 38.9. The highest BCUT2D eigenvalue weighted by Gasteiger charge is 2.52. The van der Waals surface area contributed by atoms with Crippen LogP contribution in [0.3, 0.4) is 0 Å². The predicted octanol–water partition coefficient (Wildman–Crippen LogP) is 3.77. The molecule has 116 valence electrons. The van der Waals surface area contributed by atoms with E-state index in [0.29, 0.717) is 11.5 Å². The maximum Gasteiger partial charge on any atom is 0.120 e. The Morgan fingerprint density at radius 3 is 2.43 bits per heavy atom. The zero-order valence-corrected chi connectivity index (χ0v) is 13.5. The van der Waals surface area contributed by atoms with E-state index in [1.165, 1.54) is 50.6 Å². The third-order valence-corrected chi connectivity index (χ3v) is 6.47. The van der Waals surface area contributed by atoms with Crippen LogP contribution in [0.5, 0.6) is 0 Å². The maximum absolute atomic E-state index is 4.66. The summed E-state index contributed by atoms with van der Waals surface area (Å²) in [4.78, 5) is 8.34. The molecule has 1 atom stereocenters. The molecule has 0 amide bonds. The van der Waals surface area contributed by atoms with Gasteiger partial charge in [0.1, 0.15) is 5.82 Å². The maximum atomic E-state index is 4.66. The zero-order valence-electron chi connectivity index (χ0n) is 13.5. The van der Waals surface area contributed by atoms with Crippen molar-refractivity contribution in [2.45, 2.75) is 76.8 Å². The van der Waals surface area contributed by atoms with Crippen molar-refractivity contribution in [3.8, 4) is 0 Å². The molecule has 0 aliphatic heterocycles. The van der Waals surface area contributed by atoms with Gasteiger partial charge in [0.05, 0.1) is 6.54 Å². The molecule has 0 radical (unpaired) electrons. The summed E-state index contributed by atoms with van der Waals surface area (Å²) in [5.74, 6) is 4.13. The van der Waals surface area contributed by atoms with Crippen LogP contribution in [-0.4, -0.2) is 16.0 Å². The molecule has 1 heterocycles. The van der Waals surface area contributed by atoms with E-state index in [9.17, 15) is 0 Å². The Labute approximate surface area is 128 Å². The third kappa shape index (κ3) is 2.44. The molecule has 4 aliphatic carbocycles. The Morgan fingerprint density at radius 2 is 1.86 bits per heavy atom. The highest BCUT2D eigenvalue weighted by atomic mass is 15.0. The summed E-state index contributed by atoms with van der Waals surface area (Å²) >= 11 is 0. The molecule has 4 aliphatic rings. The molecule has 4 fully saturated rings. The molecule has 0 aromatic carbocycles. The molecule has 4 bridgehead atoms. The van der Waals surface area contributed by atoms with Crippen molar-refractivity contribution in [3.63, 3.8) is 0 Å². The van der Waals surface area contributed by atoms with Gasteiger partial charge in [-0.3, -0.25) is 0 Å². The van der Waals surface area contributed by atoms with Crippen molar-refractivity contribution in [2.24, 2.45) is 17.8 Å². The molecular formula is C18H29N3. The molecular weight excluding hydrogens is 258 g/mol. The van der Waals surface area contributed by atoms with E-state index in [-0.39, 0.29) is 0 Å². The molecule has 1 aromatic rings. The second kappa shape index (κ2) is 5.12. The summed E-state index contributed by atoms with van der Waals surface area (Å²) in [6.07, 6.45) is 12.1. The lowest BCUT2D eigenvalue weighted by Gasteiger charge is -2.56. The summed E-state index contributed by atoms with van der Waals surface area (Å²) in [6, 6.07) is 0.568. The lowest BCUT2D eigenvalue weighted by atomic mass is 9.49. The Balaban J connectivity index is 1.50. The molecule has 1 unspecified atom stereocenters. The van der Waals surface area contributed by atoms with E-state index in [0.717, 1.165) is 30.1 Å². The van der Waals surface area contributed by atoms with E-state index >= 15 is 0 Å². The van der Waals surface area contributed by atoms with Crippen LogP contribution in [0.25, 0.3) is 0 Å². The number of rotatable bonds is 5. The first-order valence-corrected chi connectivity index (χ1v) is 8.94. The molecule has 21 heavy (non-hydrogen) atoms. The van der Waals surface area contributed by atoms with Crippen LogP contribution in [0.15, 0.2) is 6.20 Å². The Morgan fingerprint density at radius 1 is 1.24 bits per heavy atom. The molecule has 2 N–H and O–H groups in total. The van der Waals surface area contributed by atoms with E-state index < -0.39 is 0 Å². The van der Waals surface area contributed by atoms with Gasteiger partial charge in [0.25, 0.3) is 0 Å². The molecule has 3 heteroatoms. The second-order valence-corrected chi connectivity index (χ2v) is 8.13. The minimum Gasteiger partial charge on any atom is -0.344 e. The van der Waals surface area contributed by atoms with Crippen molar-refractivity contribution in [1.82, 2.24) is 15.3 Å². The first-order valence-electron chi connectivity index (χ1n) is 8.94. The minimum absolute atomic E-state index is 0.455. The van der Waals surface area contributed by atoms with Gasteiger partial charge in [-0.2, -0.15) is 0 Å². The number of aromatic nitrogens is 2. The monoisotopic (exact) mass is 287 g/mol. The van der Waals surface area contributed by atoms with Crippen molar-refractivity contribution >= 4 is 0 Å². The lowest BCUT2D eigenvalue weighted by molar-refractivity contribution is -0.00706. The summed E-state index contributed by atoms with van der Waals surface area (Å²) in [7, 11) is 0. The highest BCUT2D eigenvalue weighted by Crippen LogP contribution is 2.60. The van der Waals surface area contributed by atoms with Gasteiger partial charge in [0.15, 0.2) is 0 Å². The number of hydrogen-bond acceptors (Lipinski definition) is 2. The van der Waals surface area contributed by atoms with E-state index in [1.807, 2.05) is 0 Å². The summed E-state index contributed by atoms with van der Waals surface area (Å²) in [5, 5.41) is 3.54. The van der Waals surface area contributed by atoms with Gasteiger partial charge >= 0.3 is 0 Å². The number of H-pyrrole nitrogens is 1. The van der Waals surface area contributed by atoms with Crippen LogP contribution in [0.2, 0.25) is 0 Å². The first kappa shape index (κ1) is 13.8. The molecule has 0 spiro atoms. The summed E-state index contributed by atoms with van der Waals surface area (Å²) in [6.45, 7) is 5.34. The fourth-order valence-electron chi connectivity index (χ4n) is 5.58. The molecule has 3 nitrogen and oxygen atoms in total. The predicted molar refractivity (Wildman–Crippen MR) is 85.0 cm³/mol. The molecule has 4 saturated carbocycles. The smallest absolute Gasteiger partial charge is 0.120 e. The van der Waals surface area contributed by atoms with Crippen molar-refractivity contribution in [1.29, 1.82) is 0 Å². The lowest BCUT2D eigenvalue weighted by Crippen LogP contribution is -2.48. The summed E-state index contributed by atoms with van der Waals surface area (Å²) in [5.41, 5.74) is 1.90. The standard InChI is InChI=1S/C18H29N3/c1-3-12(2)19-11-17-20-10-16(21-17)18-7-13-4-14(8-18)6-15(5-13)9-18/h10,12-15,19H,3-9,11H2,1-2H3,(H,20,21). The third-order valence-electron chi connectivity index (χ3n) is 6.47. The van der Waals surface area contributed by atoms with Crippen LogP contribution in [0.4, 0.5) is 0 Å². The van der Waals surface area contributed by atoms with Crippen LogP contribution in [-0.2, 0) is 12.0 Å². The fourth-order valence-corrected chi connectivity index (χ4v) is 5.58. The number of nitrogens with one attached hydrogen (secondary N) is 2. The van der Waals surface area contributed by atoms with Gasteiger partial charge in [-0.25, -0.2) is 4.98 Å². The van der Waals surface area contributed by atoms with Crippen LogP contribution in [0.1, 0.15) is 70.3 Å². The van der Waals surface area contributed by atoms with Crippen molar-refractivity contribution in [3.05, 3.63) is 17.7 Å². The van der Waals surface area contributed by atoms with Gasteiger partial charge in [0.2, 0.25) is 0 Å². The van der Waals surface area contributed by atoms with Gasteiger partial charge in [-0.1, -0.05) is 6.92 Å². The Kier molecular flexibility index (Phi) is 3.36. The van der Waals surface area contributed by atoms with Gasteiger partial charge < -0.3 is 10.3 Å². The minimum atomic E-state index is 0.455. The van der Waals surface area contributed by atoms with Crippen molar-refractivity contribution in [2.75, 3.05) is 0 Å². The number of aromatic amines is 1. The average molecular weight is 287 g/mol. The quantitative estimate of drug-likeness (QED) is 0.865. The van der Waals surface area contributed by atoms with Crippen LogP contribution in [0, 0.1) is 17.8 Å².